The van der Waals surface area contributed by atoms with E-state index in [2.05, 4.69) is 20.8 Å². The lowest BCUT2D eigenvalue weighted by molar-refractivity contribution is -0.133. The fourth-order valence-electron chi connectivity index (χ4n) is 3.38. The van der Waals surface area contributed by atoms with E-state index in [4.69, 9.17) is 0 Å². The maximum atomic E-state index is 12.0. The number of likely N-dealkylation sites (tertiary alicyclic amines) is 1. The quantitative estimate of drug-likeness (QED) is 0.572. The molecule has 3 heteroatoms. The van der Waals surface area contributed by atoms with Crippen molar-refractivity contribution >= 4 is 21.8 Å². The SMILES string of the molecule is O=C(CCCCBr)N1CCC2(CCCC2)CC1. The lowest BCUT2D eigenvalue weighted by atomic mass is 9.77. The molecule has 1 saturated carbocycles. The summed E-state index contributed by atoms with van der Waals surface area (Å²) >= 11 is 3.41. The zero-order valence-corrected chi connectivity index (χ0v) is 12.3. The van der Waals surface area contributed by atoms with Crippen LogP contribution in [0.1, 0.15) is 57.8 Å². The molecule has 0 aromatic rings. The molecule has 2 nitrogen and oxygen atoms in total. The van der Waals surface area contributed by atoms with Gasteiger partial charge in [0, 0.05) is 24.8 Å². The minimum atomic E-state index is 0.388. The van der Waals surface area contributed by atoms with Gasteiger partial charge in [-0.05, 0) is 43.9 Å². The highest BCUT2D eigenvalue weighted by molar-refractivity contribution is 9.09. The van der Waals surface area contributed by atoms with Gasteiger partial charge in [-0.2, -0.15) is 0 Å². The molecule has 0 bridgehead atoms. The van der Waals surface area contributed by atoms with E-state index in [1.54, 1.807) is 0 Å². The molecule has 2 aliphatic rings. The maximum Gasteiger partial charge on any atom is 0.222 e. The fourth-order valence-corrected chi connectivity index (χ4v) is 3.78. The van der Waals surface area contributed by atoms with E-state index >= 15 is 0 Å². The summed E-state index contributed by atoms with van der Waals surface area (Å²) in [6.45, 7) is 2.04. The Morgan fingerprint density at radius 1 is 1.06 bits per heavy atom. The second-order valence-corrected chi connectivity index (χ2v) is 6.53. The molecule has 2 rings (SSSR count). The minimum Gasteiger partial charge on any atom is -0.343 e. The first-order valence-electron chi connectivity index (χ1n) is 7.10. The molecule has 1 heterocycles. The third kappa shape index (κ3) is 3.46. The monoisotopic (exact) mass is 301 g/mol. The molecule has 2 fully saturated rings. The first-order valence-corrected chi connectivity index (χ1v) is 8.22. The van der Waals surface area contributed by atoms with Gasteiger partial charge < -0.3 is 4.90 Å². The van der Waals surface area contributed by atoms with E-state index in [1.807, 2.05) is 0 Å². The van der Waals surface area contributed by atoms with Crippen molar-refractivity contribution in [3.63, 3.8) is 0 Å². The second kappa shape index (κ2) is 6.21. The summed E-state index contributed by atoms with van der Waals surface area (Å²) < 4.78 is 0. The van der Waals surface area contributed by atoms with E-state index in [-0.39, 0.29) is 0 Å². The van der Waals surface area contributed by atoms with E-state index in [9.17, 15) is 4.79 Å². The Labute approximate surface area is 113 Å². The molecule has 0 unspecified atom stereocenters. The predicted octanol–water partition coefficient (Wildman–Crippen LogP) is 3.73. The number of nitrogens with zero attached hydrogens (tertiary/aromatic N) is 1. The van der Waals surface area contributed by atoms with Gasteiger partial charge in [0.1, 0.15) is 0 Å². The summed E-state index contributed by atoms with van der Waals surface area (Å²) in [4.78, 5) is 14.1. The Balaban J connectivity index is 1.72. The second-order valence-electron chi connectivity index (χ2n) is 5.73. The van der Waals surface area contributed by atoms with Crippen molar-refractivity contribution in [3.8, 4) is 0 Å². The molecule has 98 valence electrons. The molecule has 1 amide bonds. The molecule has 17 heavy (non-hydrogen) atoms. The average molecular weight is 302 g/mol. The lowest BCUT2D eigenvalue weighted by Crippen LogP contribution is -2.42. The Kier molecular flexibility index (Phi) is 4.89. The molecular weight excluding hydrogens is 278 g/mol. The van der Waals surface area contributed by atoms with Crippen molar-refractivity contribution in [2.75, 3.05) is 18.4 Å². The lowest BCUT2D eigenvalue weighted by Gasteiger charge is -2.39. The molecule has 0 aromatic heterocycles. The van der Waals surface area contributed by atoms with Gasteiger partial charge in [0.05, 0.1) is 0 Å². The van der Waals surface area contributed by atoms with Crippen molar-refractivity contribution in [1.82, 2.24) is 4.90 Å². The zero-order valence-electron chi connectivity index (χ0n) is 10.7. The third-order valence-electron chi connectivity index (χ3n) is 4.62. The summed E-state index contributed by atoms with van der Waals surface area (Å²) in [5, 5.41) is 1.02. The van der Waals surface area contributed by atoms with Crippen molar-refractivity contribution in [2.45, 2.75) is 57.8 Å². The smallest absolute Gasteiger partial charge is 0.222 e. The number of hydrogen-bond donors (Lipinski definition) is 0. The van der Waals surface area contributed by atoms with Gasteiger partial charge >= 0.3 is 0 Å². The van der Waals surface area contributed by atoms with Crippen molar-refractivity contribution in [1.29, 1.82) is 0 Å². The minimum absolute atomic E-state index is 0.388. The van der Waals surface area contributed by atoms with Crippen LogP contribution in [0.15, 0.2) is 0 Å². The molecule has 0 aromatic carbocycles. The number of rotatable bonds is 4. The topological polar surface area (TPSA) is 20.3 Å². The van der Waals surface area contributed by atoms with Crippen LogP contribution in [0.5, 0.6) is 0 Å². The first-order chi connectivity index (χ1) is 8.26. The van der Waals surface area contributed by atoms with Gasteiger partial charge in [-0.1, -0.05) is 28.8 Å². The molecule has 1 spiro atoms. The standard InChI is InChI=1S/C14H24BrNO/c15-10-4-1-5-13(17)16-11-8-14(9-12-16)6-2-3-7-14/h1-12H2. The zero-order chi connectivity index (χ0) is 12.1. The molecule has 1 aliphatic heterocycles. The van der Waals surface area contributed by atoms with Crippen LogP contribution >= 0.6 is 15.9 Å². The van der Waals surface area contributed by atoms with Crippen LogP contribution in [-0.2, 0) is 4.79 Å². The molecule has 1 saturated heterocycles. The Morgan fingerprint density at radius 3 is 2.29 bits per heavy atom. The van der Waals surface area contributed by atoms with Crippen molar-refractivity contribution in [3.05, 3.63) is 0 Å². The summed E-state index contributed by atoms with van der Waals surface area (Å²) in [6, 6.07) is 0. The van der Waals surface area contributed by atoms with E-state index in [0.29, 0.717) is 11.3 Å². The largest absolute Gasteiger partial charge is 0.343 e. The van der Waals surface area contributed by atoms with E-state index in [0.717, 1.165) is 37.7 Å². The summed E-state index contributed by atoms with van der Waals surface area (Å²) in [5.74, 6) is 0.388. The van der Waals surface area contributed by atoms with E-state index in [1.165, 1.54) is 38.5 Å². The number of carbonyl (C=O) groups is 1. The highest BCUT2D eigenvalue weighted by Gasteiger charge is 2.37. The van der Waals surface area contributed by atoms with Gasteiger partial charge in [-0.25, -0.2) is 0 Å². The Bertz CT molecular complexity index is 251. The van der Waals surface area contributed by atoms with Gasteiger partial charge in [-0.3, -0.25) is 4.79 Å². The average Bonchev–Trinajstić information content (AvgIpc) is 2.79. The molecule has 0 atom stereocenters. The van der Waals surface area contributed by atoms with Gasteiger partial charge in [0.2, 0.25) is 5.91 Å². The number of carbonyl (C=O) groups excluding carboxylic acids is 1. The van der Waals surface area contributed by atoms with Crippen LogP contribution in [0.4, 0.5) is 0 Å². The number of piperidine rings is 1. The molecule has 0 radical (unpaired) electrons. The number of unbranched alkanes of at least 4 members (excludes halogenated alkanes) is 1. The number of alkyl halides is 1. The Hall–Kier alpha value is -0.0500. The fraction of sp³-hybridized carbons (Fsp3) is 0.929. The number of halogens is 1. The maximum absolute atomic E-state index is 12.0. The number of hydrogen-bond acceptors (Lipinski definition) is 1. The number of amides is 1. The van der Waals surface area contributed by atoms with Crippen LogP contribution in [0, 0.1) is 5.41 Å². The predicted molar refractivity (Wildman–Crippen MR) is 74.4 cm³/mol. The van der Waals surface area contributed by atoms with Crippen molar-refractivity contribution < 1.29 is 4.79 Å². The van der Waals surface area contributed by atoms with Gasteiger partial charge in [-0.15, -0.1) is 0 Å². The van der Waals surface area contributed by atoms with Crippen LogP contribution in [0.2, 0.25) is 0 Å². The normalized spacial score (nSPS) is 23.2. The first kappa shape index (κ1) is 13.4. The summed E-state index contributed by atoms with van der Waals surface area (Å²) in [7, 11) is 0. The summed E-state index contributed by atoms with van der Waals surface area (Å²) in [5.41, 5.74) is 0.632. The molecule has 0 N–H and O–H groups in total. The highest BCUT2D eigenvalue weighted by Crippen LogP contribution is 2.46. The van der Waals surface area contributed by atoms with Crippen LogP contribution in [0.25, 0.3) is 0 Å². The highest BCUT2D eigenvalue weighted by atomic mass is 79.9. The molecular formula is C14H24BrNO. The summed E-state index contributed by atoms with van der Waals surface area (Å²) in [6.07, 6.45) is 11.1. The van der Waals surface area contributed by atoms with Gasteiger partial charge in [0.25, 0.3) is 0 Å². The van der Waals surface area contributed by atoms with E-state index < -0.39 is 0 Å². The van der Waals surface area contributed by atoms with Crippen molar-refractivity contribution in [2.24, 2.45) is 5.41 Å². The van der Waals surface area contributed by atoms with Crippen LogP contribution in [0.3, 0.4) is 0 Å². The third-order valence-corrected chi connectivity index (χ3v) is 5.18. The molecule has 1 aliphatic carbocycles. The Morgan fingerprint density at radius 2 is 1.71 bits per heavy atom. The van der Waals surface area contributed by atoms with Crippen LogP contribution in [-0.4, -0.2) is 29.2 Å². The van der Waals surface area contributed by atoms with Gasteiger partial charge in [0.15, 0.2) is 0 Å². The van der Waals surface area contributed by atoms with Crippen LogP contribution < -0.4 is 0 Å².